The number of ether oxygens (including phenoxy) is 2. The fourth-order valence-corrected chi connectivity index (χ4v) is 2.53. The van der Waals surface area contributed by atoms with Gasteiger partial charge in [-0.25, -0.2) is 0 Å². The van der Waals surface area contributed by atoms with Crippen LogP contribution in [-0.4, -0.2) is 38.8 Å². The molecule has 1 aliphatic rings. The van der Waals surface area contributed by atoms with Crippen molar-refractivity contribution in [1.29, 1.82) is 0 Å². The molecule has 1 fully saturated rings. The van der Waals surface area contributed by atoms with Gasteiger partial charge < -0.3 is 20.1 Å². The molecular formula is C17H27ClN2O3. The molecule has 23 heavy (non-hydrogen) atoms. The van der Waals surface area contributed by atoms with Crippen LogP contribution in [0, 0.1) is 0 Å². The number of carbonyl (C=O) groups is 1. The molecule has 5 nitrogen and oxygen atoms in total. The topological polar surface area (TPSA) is 59.6 Å². The molecule has 0 saturated heterocycles. The van der Waals surface area contributed by atoms with Crippen molar-refractivity contribution in [2.75, 3.05) is 32.1 Å². The van der Waals surface area contributed by atoms with E-state index in [0.717, 1.165) is 11.3 Å². The zero-order valence-electron chi connectivity index (χ0n) is 13.7. The van der Waals surface area contributed by atoms with Gasteiger partial charge in [-0.15, -0.1) is 12.4 Å². The third-order valence-electron chi connectivity index (χ3n) is 3.79. The molecule has 1 aliphatic carbocycles. The Kier molecular flexibility index (Phi) is 9.87. The summed E-state index contributed by atoms with van der Waals surface area (Å²) < 4.78 is 10.8. The van der Waals surface area contributed by atoms with E-state index < -0.39 is 0 Å². The first-order valence-corrected chi connectivity index (χ1v) is 7.98. The van der Waals surface area contributed by atoms with Crippen LogP contribution in [0.5, 0.6) is 0 Å². The molecule has 0 atom stereocenters. The van der Waals surface area contributed by atoms with Gasteiger partial charge in [0.1, 0.15) is 0 Å². The van der Waals surface area contributed by atoms with Gasteiger partial charge in [-0.2, -0.15) is 0 Å². The van der Waals surface area contributed by atoms with E-state index in [1.54, 1.807) is 7.11 Å². The number of benzene rings is 1. The summed E-state index contributed by atoms with van der Waals surface area (Å²) in [5.41, 5.74) is 1.95. The van der Waals surface area contributed by atoms with Gasteiger partial charge in [0.05, 0.1) is 25.9 Å². The number of anilines is 1. The van der Waals surface area contributed by atoms with Crippen molar-refractivity contribution >= 4 is 24.0 Å². The van der Waals surface area contributed by atoms with Crippen LogP contribution in [0.4, 0.5) is 5.69 Å². The maximum atomic E-state index is 11.7. The van der Waals surface area contributed by atoms with Crippen molar-refractivity contribution in [1.82, 2.24) is 5.32 Å². The standard InChI is InChI=1S/C17H26N2O3.ClH/c1-21-11-10-18-12-17(20)19-15-8-6-14(7-9-15)13-22-16-4-2-3-5-16;/h6-9,16,18H,2-5,10-13H2,1H3,(H,19,20);1H. The highest BCUT2D eigenvalue weighted by atomic mass is 35.5. The predicted octanol–water partition coefficient (Wildman–Crippen LogP) is 2.74. The highest BCUT2D eigenvalue weighted by Gasteiger charge is 2.15. The van der Waals surface area contributed by atoms with Gasteiger partial charge in [-0.3, -0.25) is 4.79 Å². The molecule has 0 bridgehead atoms. The molecule has 0 spiro atoms. The maximum Gasteiger partial charge on any atom is 0.238 e. The molecule has 1 saturated carbocycles. The van der Waals surface area contributed by atoms with Gasteiger partial charge in [0.25, 0.3) is 0 Å². The van der Waals surface area contributed by atoms with Crippen molar-refractivity contribution in [2.45, 2.75) is 38.4 Å². The van der Waals surface area contributed by atoms with E-state index in [9.17, 15) is 4.79 Å². The number of methoxy groups -OCH3 is 1. The lowest BCUT2D eigenvalue weighted by molar-refractivity contribution is -0.115. The molecule has 1 amide bonds. The number of carbonyl (C=O) groups excluding carboxylic acids is 1. The first kappa shape index (κ1) is 19.9. The minimum Gasteiger partial charge on any atom is -0.383 e. The summed E-state index contributed by atoms with van der Waals surface area (Å²) >= 11 is 0. The Morgan fingerprint density at radius 2 is 1.91 bits per heavy atom. The van der Waals surface area contributed by atoms with Gasteiger partial charge in [-0.1, -0.05) is 25.0 Å². The molecule has 2 rings (SSSR count). The number of hydrogen-bond acceptors (Lipinski definition) is 4. The number of nitrogens with one attached hydrogen (secondary N) is 2. The van der Waals surface area contributed by atoms with Crippen molar-refractivity contribution in [3.63, 3.8) is 0 Å². The molecule has 0 aromatic heterocycles. The fourth-order valence-electron chi connectivity index (χ4n) is 2.53. The first-order chi connectivity index (χ1) is 10.8. The first-order valence-electron chi connectivity index (χ1n) is 7.98. The van der Waals surface area contributed by atoms with Gasteiger partial charge in [0.2, 0.25) is 5.91 Å². The quantitative estimate of drug-likeness (QED) is 0.677. The summed E-state index contributed by atoms with van der Waals surface area (Å²) in [7, 11) is 1.64. The zero-order valence-corrected chi connectivity index (χ0v) is 14.5. The van der Waals surface area contributed by atoms with Crippen LogP contribution >= 0.6 is 12.4 Å². The average Bonchev–Trinajstić information content (AvgIpc) is 3.04. The van der Waals surface area contributed by atoms with Crippen molar-refractivity contribution < 1.29 is 14.3 Å². The lowest BCUT2D eigenvalue weighted by Gasteiger charge is -2.11. The van der Waals surface area contributed by atoms with E-state index in [4.69, 9.17) is 9.47 Å². The Labute approximate surface area is 144 Å². The fraction of sp³-hybridized carbons (Fsp3) is 0.588. The van der Waals surface area contributed by atoms with E-state index in [1.807, 2.05) is 24.3 Å². The smallest absolute Gasteiger partial charge is 0.238 e. The third-order valence-corrected chi connectivity index (χ3v) is 3.79. The molecular weight excluding hydrogens is 316 g/mol. The lowest BCUT2D eigenvalue weighted by atomic mass is 10.2. The van der Waals surface area contributed by atoms with E-state index in [-0.39, 0.29) is 24.9 Å². The van der Waals surface area contributed by atoms with Crippen LogP contribution in [0.1, 0.15) is 31.2 Å². The molecule has 1 aromatic rings. The molecule has 0 heterocycles. The van der Waals surface area contributed by atoms with Crippen LogP contribution in [0.15, 0.2) is 24.3 Å². The maximum absolute atomic E-state index is 11.7. The van der Waals surface area contributed by atoms with Crippen molar-refractivity contribution in [3.05, 3.63) is 29.8 Å². The van der Waals surface area contributed by atoms with Crippen LogP contribution in [0.3, 0.4) is 0 Å². The average molecular weight is 343 g/mol. The Bertz CT molecular complexity index is 448. The molecule has 2 N–H and O–H groups in total. The normalized spacial score (nSPS) is 14.5. The van der Waals surface area contributed by atoms with Gasteiger partial charge in [0, 0.05) is 19.3 Å². The summed E-state index contributed by atoms with van der Waals surface area (Å²) in [4.78, 5) is 11.7. The minimum atomic E-state index is -0.0499. The summed E-state index contributed by atoms with van der Waals surface area (Å²) in [6.45, 7) is 2.21. The number of amides is 1. The second kappa shape index (κ2) is 11.4. The van der Waals surface area contributed by atoms with Crippen molar-refractivity contribution in [3.8, 4) is 0 Å². The zero-order chi connectivity index (χ0) is 15.6. The largest absolute Gasteiger partial charge is 0.383 e. The summed E-state index contributed by atoms with van der Waals surface area (Å²) in [6, 6.07) is 7.84. The number of hydrogen-bond donors (Lipinski definition) is 2. The minimum absolute atomic E-state index is 0. The second-order valence-corrected chi connectivity index (χ2v) is 5.63. The van der Waals surface area contributed by atoms with Crippen LogP contribution in [0.2, 0.25) is 0 Å². The van der Waals surface area contributed by atoms with Crippen LogP contribution in [-0.2, 0) is 20.9 Å². The summed E-state index contributed by atoms with van der Waals surface area (Å²) in [5.74, 6) is -0.0499. The molecule has 6 heteroatoms. The number of halogens is 1. The summed E-state index contributed by atoms with van der Waals surface area (Å²) in [5, 5.41) is 5.87. The summed E-state index contributed by atoms with van der Waals surface area (Å²) in [6.07, 6.45) is 5.37. The predicted molar refractivity (Wildman–Crippen MR) is 94.1 cm³/mol. The SMILES string of the molecule is COCCNCC(=O)Nc1ccc(COC2CCCC2)cc1.Cl. The highest BCUT2D eigenvalue weighted by molar-refractivity contribution is 5.92. The van der Waals surface area contributed by atoms with Gasteiger partial charge >= 0.3 is 0 Å². The van der Waals surface area contributed by atoms with E-state index >= 15 is 0 Å². The number of rotatable bonds is 9. The van der Waals surface area contributed by atoms with Gasteiger partial charge in [0.15, 0.2) is 0 Å². The van der Waals surface area contributed by atoms with E-state index in [2.05, 4.69) is 10.6 Å². The molecule has 0 unspecified atom stereocenters. The molecule has 1 aromatic carbocycles. The molecule has 0 aliphatic heterocycles. The van der Waals surface area contributed by atoms with E-state index in [1.165, 1.54) is 25.7 Å². The Hall–Kier alpha value is -1.14. The second-order valence-electron chi connectivity index (χ2n) is 5.63. The van der Waals surface area contributed by atoms with E-state index in [0.29, 0.717) is 25.9 Å². The molecule has 0 radical (unpaired) electrons. The van der Waals surface area contributed by atoms with Crippen LogP contribution < -0.4 is 10.6 Å². The highest BCUT2D eigenvalue weighted by Crippen LogP contribution is 2.22. The van der Waals surface area contributed by atoms with Crippen molar-refractivity contribution in [2.24, 2.45) is 0 Å². The Balaban J connectivity index is 0.00000264. The Morgan fingerprint density at radius 3 is 2.57 bits per heavy atom. The Morgan fingerprint density at radius 1 is 1.22 bits per heavy atom. The third kappa shape index (κ3) is 7.79. The van der Waals surface area contributed by atoms with Gasteiger partial charge in [-0.05, 0) is 30.5 Å². The monoisotopic (exact) mass is 342 g/mol. The lowest BCUT2D eigenvalue weighted by Crippen LogP contribution is -2.30. The van der Waals surface area contributed by atoms with Crippen LogP contribution in [0.25, 0.3) is 0 Å². The molecule has 130 valence electrons.